The van der Waals surface area contributed by atoms with Gasteiger partial charge in [-0.05, 0) is 25.1 Å². The van der Waals surface area contributed by atoms with Gasteiger partial charge in [-0.3, -0.25) is 4.79 Å². The molecule has 118 valence electrons. The van der Waals surface area contributed by atoms with E-state index in [1.54, 1.807) is 32.5 Å². The fourth-order valence-electron chi connectivity index (χ4n) is 1.77. The van der Waals surface area contributed by atoms with Gasteiger partial charge in [0.1, 0.15) is 5.01 Å². The molecule has 7 heteroatoms. The van der Waals surface area contributed by atoms with E-state index in [2.05, 4.69) is 4.98 Å². The maximum atomic E-state index is 11.0. The lowest BCUT2D eigenvalue weighted by atomic mass is 10.2. The average Bonchev–Trinajstić information content (AvgIpc) is 3.00. The molecule has 2 aromatic rings. The molecule has 1 atom stereocenters. The van der Waals surface area contributed by atoms with E-state index in [4.69, 9.17) is 15.2 Å². The van der Waals surface area contributed by atoms with Gasteiger partial charge in [0.05, 0.1) is 25.2 Å². The summed E-state index contributed by atoms with van der Waals surface area (Å²) in [7, 11) is 3.22. The van der Waals surface area contributed by atoms with E-state index < -0.39 is 0 Å². The zero-order chi connectivity index (χ0) is 16.1. The second-order valence-corrected chi connectivity index (χ2v) is 6.76. The van der Waals surface area contributed by atoms with Gasteiger partial charge in [0.2, 0.25) is 5.91 Å². The van der Waals surface area contributed by atoms with E-state index in [1.807, 2.05) is 23.6 Å². The van der Waals surface area contributed by atoms with Gasteiger partial charge in [0.15, 0.2) is 11.5 Å². The van der Waals surface area contributed by atoms with Crippen molar-refractivity contribution in [3.05, 3.63) is 29.3 Å². The Hall–Kier alpha value is -1.73. The molecule has 0 fully saturated rings. The number of aromatic nitrogens is 1. The highest BCUT2D eigenvalue weighted by Gasteiger charge is 2.12. The molecule has 1 unspecified atom stereocenters. The number of ether oxygens (including phenoxy) is 2. The summed E-state index contributed by atoms with van der Waals surface area (Å²) in [5, 5.41) is 2.68. The number of carbonyl (C=O) groups excluding carboxylic acids is 1. The number of benzene rings is 1. The molecule has 0 saturated carbocycles. The molecule has 1 amide bonds. The SMILES string of the molecule is COc1ccc(-c2nc(CSC(C)C(N)=O)cs2)cc1OC. The lowest BCUT2D eigenvalue weighted by Crippen LogP contribution is -2.22. The maximum Gasteiger partial charge on any atom is 0.230 e. The Labute approximate surface area is 137 Å². The van der Waals surface area contributed by atoms with Gasteiger partial charge in [0, 0.05) is 16.7 Å². The van der Waals surface area contributed by atoms with Crippen LogP contribution in [0.3, 0.4) is 0 Å². The molecule has 2 N–H and O–H groups in total. The summed E-state index contributed by atoms with van der Waals surface area (Å²) in [5.41, 5.74) is 7.16. The van der Waals surface area contributed by atoms with E-state index >= 15 is 0 Å². The Morgan fingerprint density at radius 3 is 2.73 bits per heavy atom. The Kier molecular flexibility index (Phi) is 5.68. The molecule has 0 saturated heterocycles. The van der Waals surface area contributed by atoms with Crippen molar-refractivity contribution in [2.75, 3.05) is 14.2 Å². The number of primary amides is 1. The third kappa shape index (κ3) is 3.92. The van der Waals surface area contributed by atoms with E-state index in [0.717, 1.165) is 16.3 Å². The first-order valence-electron chi connectivity index (χ1n) is 6.63. The third-order valence-electron chi connectivity index (χ3n) is 3.06. The second-order valence-electron chi connectivity index (χ2n) is 4.57. The minimum atomic E-state index is -0.305. The van der Waals surface area contributed by atoms with Gasteiger partial charge in [-0.25, -0.2) is 4.98 Å². The van der Waals surface area contributed by atoms with Crippen molar-refractivity contribution in [2.24, 2.45) is 5.73 Å². The first kappa shape index (κ1) is 16.6. The molecule has 5 nitrogen and oxygen atoms in total. The molecule has 1 aromatic heterocycles. The van der Waals surface area contributed by atoms with Crippen molar-refractivity contribution in [3.63, 3.8) is 0 Å². The van der Waals surface area contributed by atoms with Crippen molar-refractivity contribution >= 4 is 29.0 Å². The molecule has 2 rings (SSSR count). The van der Waals surface area contributed by atoms with Crippen molar-refractivity contribution in [3.8, 4) is 22.1 Å². The highest BCUT2D eigenvalue weighted by molar-refractivity contribution is 7.99. The third-order valence-corrected chi connectivity index (χ3v) is 5.20. The summed E-state index contributed by atoms with van der Waals surface area (Å²) >= 11 is 3.04. The van der Waals surface area contributed by atoms with Crippen molar-refractivity contribution in [2.45, 2.75) is 17.9 Å². The molecule has 0 aliphatic rings. The van der Waals surface area contributed by atoms with Crippen LogP contribution in [-0.2, 0) is 10.5 Å². The van der Waals surface area contributed by atoms with Crippen LogP contribution in [-0.4, -0.2) is 30.4 Å². The molecule has 22 heavy (non-hydrogen) atoms. The Morgan fingerprint density at radius 2 is 2.09 bits per heavy atom. The summed E-state index contributed by atoms with van der Waals surface area (Å²) in [6.45, 7) is 1.80. The highest BCUT2D eigenvalue weighted by Crippen LogP contribution is 2.34. The minimum Gasteiger partial charge on any atom is -0.493 e. The molecular formula is C15H18N2O3S2. The van der Waals surface area contributed by atoms with Crippen LogP contribution in [0.25, 0.3) is 10.6 Å². The number of nitrogens with two attached hydrogens (primary N) is 1. The second kappa shape index (κ2) is 7.51. The minimum absolute atomic E-state index is 0.216. The fourth-order valence-corrected chi connectivity index (χ4v) is 3.42. The first-order chi connectivity index (χ1) is 10.5. The molecular weight excluding hydrogens is 320 g/mol. The highest BCUT2D eigenvalue weighted by atomic mass is 32.2. The molecule has 0 aliphatic carbocycles. The lowest BCUT2D eigenvalue weighted by Gasteiger charge is -2.08. The van der Waals surface area contributed by atoms with Crippen LogP contribution in [0.4, 0.5) is 0 Å². The summed E-state index contributed by atoms with van der Waals surface area (Å²) < 4.78 is 10.5. The largest absolute Gasteiger partial charge is 0.493 e. The fraction of sp³-hybridized carbons (Fsp3) is 0.333. The molecule has 0 spiro atoms. The van der Waals surface area contributed by atoms with Gasteiger partial charge in [-0.2, -0.15) is 0 Å². The smallest absolute Gasteiger partial charge is 0.230 e. The van der Waals surface area contributed by atoms with Crippen LogP contribution in [0.5, 0.6) is 11.5 Å². The number of nitrogens with zero attached hydrogens (tertiary/aromatic N) is 1. The predicted molar refractivity (Wildman–Crippen MR) is 90.6 cm³/mol. The number of rotatable bonds is 7. The predicted octanol–water partition coefficient (Wildman–Crippen LogP) is 2.93. The molecule has 1 heterocycles. The lowest BCUT2D eigenvalue weighted by molar-refractivity contribution is -0.117. The van der Waals surface area contributed by atoms with Gasteiger partial charge in [-0.15, -0.1) is 23.1 Å². The molecule has 0 radical (unpaired) electrons. The standard InChI is InChI=1S/C15H18N2O3S2/c1-9(14(16)18)21-7-11-8-22-15(17-11)10-4-5-12(19-2)13(6-10)20-3/h4-6,8-9H,7H2,1-3H3,(H2,16,18). The Balaban J connectivity index is 2.12. The van der Waals surface area contributed by atoms with E-state index in [0.29, 0.717) is 17.3 Å². The molecule has 1 aromatic carbocycles. The number of amides is 1. The summed E-state index contributed by atoms with van der Waals surface area (Å²) in [6, 6.07) is 5.71. The Morgan fingerprint density at radius 1 is 1.36 bits per heavy atom. The number of hydrogen-bond donors (Lipinski definition) is 1. The molecule has 0 aliphatic heterocycles. The van der Waals surface area contributed by atoms with Gasteiger partial charge in [0.25, 0.3) is 0 Å². The van der Waals surface area contributed by atoms with E-state index in [9.17, 15) is 4.79 Å². The monoisotopic (exact) mass is 338 g/mol. The number of thioether (sulfide) groups is 1. The first-order valence-corrected chi connectivity index (χ1v) is 8.55. The summed E-state index contributed by atoms with van der Waals surface area (Å²) in [4.78, 5) is 15.6. The number of thiazole rings is 1. The van der Waals surface area contributed by atoms with Crippen molar-refractivity contribution < 1.29 is 14.3 Å². The zero-order valence-corrected chi connectivity index (χ0v) is 14.3. The quantitative estimate of drug-likeness (QED) is 0.840. The molecule has 0 bridgehead atoms. The van der Waals surface area contributed by atoms with Gasteiger partial charge < -0.3 is 15.2 Å². The average molecular weight is 338 g/mol. The van der Waals surface area contributed by atoms with Gasteiger partial charge in [-0.1, -0.05) is 0 Å². The van der Waals surface area contributed by atoms with Crippen molar-refractivity contribution in [1.82, 2.24) is 4.98 Å². The number of methoxy groups -OCH3 is 2. The Bertz CT molecular complexity index is 658. The topological polar surface area (TPSA) is 74.4 Å². The van der Waals surface area contributed by atoms with Crippen LogP contribution in [0.15, 0.2) is 23.6 Å². The number of hydrogen-bond acceptors (Lipinski definition) is 6. The van der Waals surface area contributed by atoms with Crippen LogP contribution >= 0.6 is 23.1 Å². The van der Waals surface area contributed by atoms with Crippen LogP contribution in [0, 0.1) is 0 Å². The van der Waals surface area contributed by atoms with Crippen molar-refractivity contribution in [1.29, 1.82) is 0 Å². The van der Waals surface area contributed by atoms with Crippen LogP contribution < -0.4 is 15.2 Å². The van der Waals surface area contributed by atoms with E-state index in [-0.39, 0.29) is 11.2 Å². The summed E-state index contributed by atoms with van der Waals surface area (Å²) in [5.74, 6) is 1.72. The maximum absolute atomic E-state index is 11.0. The van der Waals surface area contributed by atoms with Gasteiger partial charge >= 0.3 is 0 Å². The zero-order valence-electron chi connectivity index (χ0n) is 12.7. The van der Waals surface area contributed by atoms with Crippen LogP contribution in [0.1, 0.15) is 12.6 Å². The summed E-state index contributed by atoms with van der Waals surface area (Å²) in [6.07, 6.45) is 0. The number of carbonyl (C=O) groups is 1. The normalized spacial score (nSPS) is 12.0. The van der Waals surface area contributed by atoms with Crippen LogP contribution in [0.2, 0.25) is 0 Å². The van der Waals surface area contributed by atoms with E-state index in [1.165, 1.54) is 11.8 Å².